The Balaban J connectivity index is 1.12. The molecule has 4 aliphatic rings. The number of carbonyl (C=O) groups excluding carboxylic acids is 2. The average Bonchev–Trinajstić information content (AvgIpc) is 3.70. The molecule has 2 aliphatic heterocycles. The third-order valence-corrected chi connectivity index (χ3v) is 10.9. The summed E-state index contributed by atoms with van der Waals surface area (Å²) in [6, 6.07) is 8.26. The number of hydrogen-bond acceptors (Lipinski definition) is 5. The Morgan fingerprint density at radius 1 is 1.02 bits per heavy atom. The topological polar surface area (TPSA) is 95.4 Å². The highest BCUT2D eigenvalue weighted by Crippen LogP contribution is 2.47. The number of halogens is 1. The summed E-state index contributed by atoms with van der Waals surface area (Å²) in [6.07, 6.45) is 16.6. The Labute approximate surface area is 254 Å². The first kappa shape index (κ1) is 29.4. The fourth-order valence-corrected chi connectivity index (χ4v) is 8.31. The monoisotopic (exact) mass is 595 g/mol. The molecule has 1 aromatic carbocycles. The predicted octanol–water partition coefficient (Wildman–Crippen LogP) is 4.66. The van der Waals surface area contributed by atoms with Gasteiger partial charge in [0.25, 0.3) is 0 Å². The number of urea groups is 1. The molecule has 228 valence electrons. The highest BCUT2D eigenvalue weighted by Gasteiger charge is 2.44. The maximum atomic E-state index is 14.2. The fraction of sp³-hybridized carbons (Fsp3) is 0.688. The molecule has 0 unspecified atom stereocenters. The Morgan fingerprint density at radius 2 is 1.76 bits per heavy atom. The summed E-state index contributed by atoms with van der Waals surface area (Å²) >= 11 is 6.17. The molecule has 2 N–H and O–H groups in total. The normalized spacial score (nSPS) is 25.8. The number of aromatic nitrogens is 3. The van der Waals surface area contributed by atoms with Crippen LogP contribution in [0.3, 0.4) is 0 Å². The number of hydrogen-bond donors (Lipinski definition) is 2. The number of nitrogens with one attached hydrogen (secondary N) is 2. The van der Waals surface area contributed by atoms with Gasteiger partial charge >= 0.3 is 6.03 Å². The van der Waals surface area contributed by atoms with Gasteiger partial charge in [-0.3, -0.25) is 9.48 Å². The molecule has 3 amide bonds. The molecule has 2 saturated carbocycles. The molecule has 6 rings (SSSR count). The van der Waals surface area contributed by atoms with Crippen molar-refractivity contribution in [3.8, 4) is 0 Å². The van der Waals surface area contributed by atoms with Crippen LogP contribution in [-0.2, 0) is 17.8 Å². The third-order valence-electron chi connectivity index (χ3n) is 10.6. The van der Waals surface area contributed by atoms with Crippen molar-refractivity contribution in [3.63, 3.8) is 0 Å². The Kier molecular flexibility index (Phi) is 9.34. The predicted molar refractivity (Wildman–Crippen MR) is 163 cm³/mol. The molecule has 0 spiro atoms. The van der Waals surface area contributed by atoms with Crippen molar-refractivity contribution < 1.29 is 9.59 Å². The summed E-state index contributed by atoms with van der Waals surface area (Å²) in [5, 5.41) is 11.9. The van der Waals surface area contributed by atoms with Gasteiger partial charge in [0.15, 0.2) is 0 Å². The summed E-state index contributed by atoms with van der Waals surface area (Å²) in [5.41, 5.74) is 1.29. The molecule has 3 heterocycles. The summed E-state index contributed by atoms with van der Waals surface area (Å²) in [4.78, 5) is 34.7. The van der Waals surface area contributed by atoms with E-state index in [1.54, 1.807) is 6.33 Å². The van der Waals surface area contributed by atoms with E-state index >= 15 is 0 Å². The second-order valence-corrected chi connectivity index (χ2v) is 13.5. The first-order chi connectivity index (χ1) is 20.5. The van der Waals surface area contributed by atoms with Gasteiger partial charge in [-0.2, -0.15) is 5.10 Å². The van der Waals surface area contributed by atoms with E-state index in [0.717, 1.165) is 76.8 Å². The zero-order valence-electron chi connectivity index (χ0n) is 24.7. The fourth-order valence-electron chi connectivity index (χ4n) is 8.19. The molecule has 0 radical (unpaired) electrons. The lowest BCUT2D eigenvalue weighted by Gasteiger charge is -2.48. The minimum atomic E-state index is -0.277. The van der Waals surface area contributed by atoms with Crippen molar-refractivity contribution >= 4 is 23.5 Å². The lowest BCUT2D eigenvalue weighted by molar-refractivity contribution is -0.137. The molecule has 2 aromatic rings. The maximum Gasteiger partial charge on any atom is 0.317 e. The zero-order chi connectivity index (χ0) is 28.9. The van der Waals surface area contributed by atoms with Crippen molar-refractivity contribution in [2.45, 2.75) is 102 Å². The summed E-state index contributed by atoms with van der Waals surface area (Å²) < 4.78 is 2.01. The number of likely N-dealkylation sites (tertiary alicyclic amines) is 1. The number of benzene rings is 1. The molecule has 4 fully saturated rings. The molecule has 2 saturated heterocycles. The number of piperidine rings is 1. The van der Waals surface area contributed by atoms with Crippen LogP contribution < -0.4 is 10.6 Å². The van der Waals surface area contributed by atoms with Crippen molar-refractivity contribution in [1.82, 2.24) is 35.2 Å². The van der Waals surface area contributed by atoms with Crippen LogP contribution in [0.2, 0.25) is 5.02 Å². The van der Waals surface area contributed by atoms with E-state index in [4.69, 9.17) is 11.6 Å². The summed E-state index contributed by atoms with van der Waals surface area (Å²) in [6.45, 7) is 4.02. The molecule has 0 bridgehead atoms. The Morgan fingerprint density at radius 3 is 2.40 bits per heavy atom. The van der Waals surface area contributed by atoms with E-state index in [1.807, 2.05) is 40.2 Å². The third kappa shape index (κ3) is 6.77. The van der Waals surface area contributed by atoms with E-state index in [-0.39, 0.29) is 29.4 Å². The lowest BCUT2D eigenvalue weighted by atomic mass is 9.63. The summed E-state index contributed by atoms with van der Waals surface area (Å²) in [5.74, 6) is 0.896. The highest BCUT2D eigenvalue weighted by atomic mass is 35.5. The van der Waals surface area contributed by atoms with E-state index in [2.05, 4.69) is 25.6 Å². The molecular weight excluding hydrogens is 550 g/mol. The second kappa shape index (κ2) is 13.3. The van der Waals surface area contributed by atoms with Gasteiger partial charge < -0.3 is 20.4 Å². The van der Waals surface area contributed by atoms with Gasteiger partial charge in [0.2, 0.25) is 5.91 Å². The molecule has 2 aliphatic carbocycles. The standard InChI is InChI=1S/C32H46ClN7O2/c33-26-8-6-24(7-9-26)20-29(37-27-10-12-28(13-11-27)40-19-16-35-31(40)42)30(41)38-17-14-32(15-18-38,21-39-23-34-22-36-39)25-4-2-1-3-5-25/h6-9,22-23,25,27-29,37H,1-5,10-21H2,(H,35,42)/t27-,28-,29-/m1/s1. The molecule has 10 heteroatoms. The minimum absolute atomic E-state index is 0.0698. The second-order valence-electron chi connectivity index (χ2n) is 13.1. The van der Waals surface area contributed by atoms with E-state index in [9.17, 15) is 9.59 Å². The zero-order valence-corrected chi connectivity index (χ0v) is 25.5. The van der Waals surface area contributed by atoms with Crippen molar-refractivity contribution in [2.75, 3.05) is 26.2 Å². The smallest absolute Gasteiger partial charge is 0.317 e. The molecule has 9 nitrogen and oxygen atoms in total. The van der Waals surface area contributed by atoms with Crippen LogP contribution in [0.15, 0.2) is 36.9 Å². The number of amides is 3. The van der Waals surface area contributed by atoms with Crippen LogP contribution in [-0.4, -0.2) is 80.8 Å². The first-order valence-corrected chi connectivity index (χ1v) is 16.5. The van der Waals surface area contributed by atoms with Crippen LogP contribution in [0, 0.1) is 11.3 Å². The van der Waals surface area contributed by atoms with Gasteiger partial charge in [-0.25, -0.2) is 9.78 Å². The number of rotatable bonds is 9. The average molecular weight is 596 g/mol. The molecular formula is C32H46ClN7O2. The lowest BCUT2D eigenvalue weighted by Crippen LogP contribution is -2.56. The SMILES string of the molecule is O=C([C@@H](Cc1ccc(Cl)cc1)N[C@H]1CC[C@H](N2CCNC2=O)CC1)N1CCC(Cn2cncn2)(C2CCCCC2)CC1. The van der Waals surface area contributed by atoms with Gasteiger partial charge in [0.05, 0.1) is 6.04 Å². The van der Waals surface area contributed by atoms with E-state index in [1.165, 1.54) is 32.1 Å². The highest BCUT2D eigenvalue weighted by molar-refractivity contribution is 6.30. The largest absolute Gasteiger partial charge is 0.341 e. The van der Waals surface area contributed by atoms with Crippen LogP contribution in [0.1, 0.15) is 76.2 Å². The van der Waals surface area contributed by atoms with Gasteiger partial charge in [-0.05, 0) is 86.8 Å². The minimum Gasteiger partial charge on any atom is -0.341 e. The summed E-state index contributed by atoms with van der Waals surface area (Å²) in [7, 11) is 0. The van der Waals surface area contributed by atoms with Gasteiger partial charge in [-0.15, -0.1) is 0 Å². The van der Waals surface area contributed by atoms with E-state index in [0.29, 0.717) is 23.4 Å². The van der Waals surface area contributed by atoms with Crippen LogP contribution >= 0.6 is 11.6 Å². The molecule has 1 aromatic heterocycles. The Hall–Kier alpha value is -2.65. The maximum absolute atomic E-state index is 14.2. The molecule has 1 atom stereocenters. The van der Waals surface area contributed by atoms with Crippen LogP contribution in [0.25, 0.3) is 0 Å². The van der Waals surface area contributed by atoms with E-state index < -0.39 is 0 Å². The number of carbonyl (C=O) groups is 2. The van der Waals surface area contributed by atoms with Crippen LogP contribution in [0.4, 0.5) is 4.79 Å². The van der Waals surface area contributed by atoms with Crippen molar-refractivity contribution in [1.29, 1.82) is 0 Å². The van der Waals surface area contributed by atoms with Gasteiger partial charge in [-0.1, -0.05) is 43.0 Å². The van der Waals surface area contributed by atoms with Crippen molar-refractivity contribution in [2.24, 2.45) is 11.3 Å². The van der Waals surface area contributed by atoms with Crippen LogP contribution in [0.5, 0.6) is 0 Å². The first-order valence-electron chi connectivity index (χ1n) is 16.2. The molecule has 42 heavy (non-hydrogen) atoms. The van der Waals surface area contributed by atoms with Gasteiger partial charge in [0, 0.05) is 49.8 Å². The number of nitrogens with zero attached hydrogens (tertiary/aromatic N) is 5. The van der Waals surface area contributed by atoms with Gasteiger partial charge in [0.1, 0.15) is 12.7 Å². The Bertz CT molecular complexity index is 1170. The quantitative estimate of drug-likeness (QED) is 0.440. The van der Waals surface area contributed by atoms with Crippen molar-refractivity contribution in [3.05, 3.63) is 47.5 Å².